The molecule has 0 fully saturated rings. The third kappa shape index (κ3) is 2.57. The van der Waals surface area contributed by atoms with Crippen molar-refractivity contribution in [3.8, 4) is 0 Å². The Labute approximate surface area is 113 Å². The lowest BCUT2D eigenvalue weighted by Crippen LogP contribution is -3.00. The normalized spacial score (nSPS) is 10.2. The van der Waals surface area contributed by atoms with Gasteiger partial charge in [0, 0.05) is 12.2 Å². The number of halogens is 1. The number of hydrogen-bond donors (Lipinski definition) is 3. The molecule has 0 amide bonds. The molecule has 0 aliphatic carbocycles. The van der Waals surface area contributed by atoms with Crippen molar-refractivity contribution in [2.45, 2.75) is 6.54 Å². The van der Waals surface area contributed by atoms with Crippen LogP contribution in [0.1, 0.15) is 5.56 Å². The van der Waals surface area contributed by atoms with Crippen molar-refractivity contribution >= 4 is 28.1 Å². The number of anilines is 1. The number of fused-ring (bicyclic) bond motifs is 1. The van der Waals surface area contributed by atoms with Crippen LogP contribution in [-0.4, -0.2) is 9.97 Å². The average molecular weight is 281 g/mol. The van der Waals surface area contributed by atoms with E-state index in [-0.39, 0.29) is 18.1 Å². The lowest BCUT2D eigenvalue weighted by atomic mass is 10.2. The predicted molar refractivity (Wildman–Crippen MR) is 70.6 cm³/mol. The Morgan fingerprint density at radius 1 is 1.17 bits per heavy atom. The summed E-state index contributed by atoms with van der Waals surface area (Å²) >= 11 is 1.69. The lowest BCUT2D eigenvalue weighted by molar-refractivity contribution is -0.00000350. The Bertz CT molecular complexity index is 687. The second-order valence-electron chi connectivity index (χ2n) is 3.82. The molecule has 0 aliphatic heterocycles. The molecule has 0 radical (unpaired) electrons. The van der Waals surface area contributed by atoms with E-state index in [0.29, 0.717) is 0 Å². The van der Waals surface area contributed by atoms with Gasteiger partial charge in [-0.1, -0.05) is 0 Å². The molecule has 0 spiro atoms. The summed E-state index contributed by atoms with van der Waals surface area (Å²) < 4.78 is 0. The summed E-state index contributed by atoms with van der Waals surface area (Å²) in [4.78, 5) is 16.6. The zero-order valence-corrected chi connectivity index (χ0v) is 10.9. The molecule has 3 N–H and O–H groups in total. The molecule has 3 rings (SSSR count). The number of benzene rings is 1. The van der Waals surface area contributed by atoms with Crippen LogP contribution < -0.4 is 23.4 Å². The van der Waals surface area contributed by atoms with E-state index in [1.54, 1.807) is 11.3 Å². The first-order chi connectivity index (χ1) is 8.31. The van der Waals surface area contributed by atoms with Crippen LogP contribution in [0.5, 0.6) is 0 Å². The summed E-state index contributed by atoms with van der Waals surface area (Å²) in [6.07, 6.45) is 0. The molecule has 0 bridgehead atoms. The molecule has 4 nitrogen and oxygen atoms in total. The second kappa shape index (κ2) is 5.29. The van der Waals surface area contributed by atoms with Crippen molar-refractivity contribution in [3.05, 3.63) is 51.1 Å². The van der Waals surface area contributed by atoms with Crippen LogP contribution in [0.2, 0.25) is 0 Å². The van der Waals surface area contributed by atoms with E-state index in [1.807, 2.05) is 18.2 Å². The van der Waals surface area contributed by atoms with Crippen LogP contribution in [0.15, 0.2) is 39.8 Å². The smallest absolute Gasteiger partial charge is 0.323 e. The molecule has 2 heterocycles. The summed E-state index contributed by atoms with van der Waals surface area (Å²) in [5.41, 5.74) is 3.74. The van der Waals surface area contributed by atoms with Crippen LogP contribution in [0, 0.1) is 0 Å². The lowest BCUT2D eigenvalue weighted by Gasteiger charge is -2.04. The molecule has 6 heteroatoms. The molecule has 0 atom stereocenters. The summed E-state index contributed by atoms with van der Waals surface area (Å²) in [6.45, 7) is 0.795. The van der Waals surface area contributed by atoms with Gasteiger partial charge in [-0.15, -0.1) is 0 Å². The van der Waals surface area contributed by atoms with Gasteiger partial charge >= 0.3 is 5.69 Å². The summed E-state index contributed by atoms with van der Waals surface area (Å²) in [7, 11) is 0. The monoisotopic (exact) mass is 280 g/mol. The van der Waals surface area contributed by atoms with Crippen LogP contribution >= 0.6 is 11.3 Å². The van der Waals surface area contributed by atoms with Crippen LogP contribution in [0.25, 0.3) is 11.0 Å². The minimum atomic E-state index is -0.171. The highest BCUT2D eigenvalue weighted by Gasteiger charge is 1.99. The molecule has 2 aromatic heterocycles. The third-order valence-electron chi connectivity index (χ3n) is 2.59. The first-order valence-corrected chi connectivity index (χ1v) is 6.22. The molecule has 0 saturated carbocycles. The quantitative estimate of drug-likeness (QED) is 0.608. The van der Waals surface area contributed by atoms with Gasteiger partial charge in [0.1, 0.15) is 0 Å². The minimum absolute atomic E-state index is 0. The van der Waals surface area contributed by atoms with Gasteiger partial charge in [0.25, 0.3) is 0 Å². The molecular weight excluding hydrogens is 270 g/mol. The van der Waals surface area contributed by atoms with E-state index in [2.05, 4.69) is 32.1 Å². The Balaban J connectivity index is 0.00000120. The van der Waals surface area contributed by atoms with E-state index in [1.165, 1.54) is 5.56 Å². The Hall–Kier alpha value is -1.72. The van der Waals surface area contributed by atoms with Gasteiger partial charge in [0.05, 0.1) is 11.0 Å². The number of hydrogen-bond acceptors (Lipinski definition) is 3. The van der Waals surface area contributed by atoms with E-state index in [9.17, 15) is 4.79 Å². The Kier molecular flexibility index (Phi) is 3.74. The molecule has 1 aromatic carbocycles. The highest BCUT2D eigenvalue weighted by molar-refractivity contribution is 7.07. The predicted octanol–water partition coefficient (Wildman–Crippen LogP) is -0.466. The highest BCUT2D eigenvalue weighted by atomic mass is 35.5. The molecule has 0 saturated heterocycles. The van der Waals surface area contributed by atoms with Gasteiger partial charge in [-0.2, -0.15) is 11.3 Å². The summed E-state index contributed by atoms with van der Waals surface area (Å²) in [6, 6.07) is 7.87. The number of rotatable bonds is 3. The number of thiophene rings is 1. The average Bonchev–Trinajstić information content (AvgIpc) is 2.92. The topological polar surface area (TPSA) is 60.7 Å². The third-order valence-corrected chi connectivity index (χ3v) is 3.32. The zero-order chi connectivity index (χ0) is 11.7. The number of aromatic nitrogens is 2. The molecule has 94 valence electrons. The van der Waals surface area contributed by atoms with Gasteiger partial charge in [0.15, 0.2) is 0 Å². The SMILES string of the molecule is O=c1[nH]c2ccc(NCc3ccsc3)cc2[nH]1.[Cl-]. The maximum Gasteiger partial charge on any atom is 0.323 e. The van der Waals surface area contributed by atoms with E-state index in [0.717, 1.165) is 23.3 Å². The van der Waals surface area contributed by atoms with Gasteiger partial charge < -0.3 is 27.7 Å². The second-order valence-corrected chi connectivity index (χ2v) is 4.60. The molecule has 3 aromatic rings. The van der Waals surface area contributed by atoms with Crippen molar-refractivity contribution in [1.82, 2.24) is 9.97 Å². The first-order valence-electron chi connectivity index (χ1n) is 5.28. The first kappa shape index (κ1) is 12.7. The number of aromatic amines is 2. The minimum Gasteiger partial charge on any atom is -1.00 e. The number of nitrogens with one attached hydrogen (secondary N) is 3. The summed E-state index contributed by atoms with van der Waals surface area (Å²) in [5.74, 6) is 0. The molecule has 0 unspecified atom stereocenters. The Morgan fingerprint density at radius 2 is 2.00 bits per heavy atom. The fourth-order valence-corrected chi connectivity index (χ4v) is 2.41. The molecular formula is C12H11ClN3OS-. The molecule has 0 aliphatic rings. The van der Waals surface area contributed by atoms with Crippen molar-refractivity contribution < 1.29 is 12.4 Å². The number of H-pyrrole nitrogens is 2. The largest absolute Gasteiger partial charge is 1.00 e. The van der Waals surface area contributed by atoms with Gasteiger partial charge in [-0.25, -0.2) is 4.79 Å². The maximum absolute atomic E-state index is 11.1. The van der Waals surface area contributed by atoms with Gasteiger partial charge in [-0.3, -0.25) is 0 Å². The van der Waals surface area contributed by atoms with Crippen molar-refractivity contribution in [2.75, 3.05) is 5.32 Å². The van der Waals surface area contributed by atoms with Crippen LogP contribution in [0.4, 0.5) is 5.69 Å². The van der Waals surface area contributed by atoms with Crippen LogP contribution in [0.3, 0.4) is 0 Å². The summed E-state index contributed by atoms with van der Waals surface area (Å²) in [5, 5.41) is 7.49. The maximum atomic E-state index is 11.1. The van der Waals surface area contributed by atoms with Crippen molar-refractivity contribution in [1.29, 1.82) is 0 Å². The van der Waals surface area contributed by atoms with Crippen molar-refractivity contribution in [2.24, 2.45) is 0 Å². The highest BCUT2D eigenvalue weighted by Crippen LogP contribution is 2.16. The van der Waals surface area contributed by atoms with E-state index >= 15 is 0 Å². The standard InChI is InChI=1S/C12H11N3OS.ClH/c16-12-14-10-2-1-9(5-11(10)15-12)13-6-8-3-4-17-7-8;/h1-5,7,13H,6H2,(H2,14,15,16);1H/p-1. The van der Waals surface area contributed by atoms with Crippen molar-refractivity contribution in [3.63, 3.8) is 0 Å². The van der Waals surface area contributed by atoms with Crippen LogP contribution in [-0.2, 0) is 6.54 Å². The van der Waals surface area contributed by atoms with E-state index < -0.39 is 0 Å². The zero-order valence-electron chi connectivity index (χ0n) is 9.37. The fourth-order valence-electron chi connectivity index (χ4n) is 1.74. The molecule has 18 heavy (non-hydrogen) atoms. The fraction of sp³-hybridized carbons (Fsp3) is 0.0833. The Morgan fingerprint density at radius 3 is 2.78 bits per heavy atom. The van der Waals surface area contributed by atoms with Gasteiger partial charge in [-0.05, 0) is 40.6 Å². The van der Waals surface area contributed by atoms with Gasteiger partial charge in [0.2, 0.25) is 0 Å². The van der Waals surface area contributed by atoms with E-state index in [4.69, 9.17) is 0 Å². The number of imidazole rings is 1.